The van der Waals surface area contributed by atoms with Crippen molar-refractivity contribution >= 4 is 45.0 Å². The zero-order valence-electron chi connectivity index (χ0n) is 18.7. The van der Waals surface area contributed by atoms with Crippen molar-refractivity contribution in [3.63, 3.8) is 0 Å². The van der Waals surface area contributed by atoms with Crippen LogP contribution in [0, 0.1) is 13.8 Å². The monoisotopic (exact) mass is 475 g/mol. The van der Waals surface area contributed by atoms with Crippen molar-refractivity contribution in [1.82, 2.24) is 19.9 Å². The number of benzene rings is 1. The van der Waals surface area contributed by atoms with Crippen molar-refractivity contribution in [2.75, 3.05) is 31.1 Å². The molecule has 1 amide bonds. The maximum atomic E-state index is 12.8. The van der Waals surface area contributed by atoms with Crippen LogP contribution in [0.3, 0.4) is 0 Å². The van der Waals surface area contributed by atoms with Crippen molar-refractivity contribution in [2.24, 2.45) is 0 Å². The normalized spacial score (nSPS) is 14.1. The molecular formula is C25H25N5OS2. The highest BCUT2D eigenvalue weighted by Gasteiger charge is 2.26. The Labute approximate surface area is 201 Å². The molecule has 168 valence electrons. The SMILES string of the molecule is Cc1sc2nc(CSc3ccccc3)nc(N3CCN(C(=O)c4ccncc4)CC3)c2c1C. The summed E-state index contributed by atoms with van der Waals surface area (Å²) in [6.45, 7) is 7.15. The maximum absolute atomic E-state index is 12.8. The van der Waals surface area contributed by atoms with Crippen LogP contribution in [0.4, 0.5) is 5.82 Å². The van der Waals surface area contributed by atoms with E-state index in [-0.39, 0.29) is 5.91 Å². The third-order valence-corrected chi connectivity index (χ3v) is 8.07. The number of rotatable bonds is 5. The summed E-state index contributed by atoms with van der Waals surface area (Å²) < 4.78 is 0. The average Bonchev–Trinajstić information content (AvgIpc) is 3.16. The van der Waals surface area contributed by atoms with Crippen molar-refractivity contribution in [2.45, 2.75) is 24.5 Å². The minimum absolute atomic E-state index is 0.0624. The molecule has 0 aliphatic carbocycles. The van der Waals surface area contributed by atoms with Crippen LogP contribution in [0.2, 0.25) is 0 Å². The molecule has 3 aromatic heterocycles. The smallest absolute Gasteiger partial charge is 0.254 e. The minimum Gasteiger partial charge on any atom is -0.352 e. The molecular weight excluding hydrogens is 450 g/mol. The molecule has 5 rings (SSSR count). The fourth-order valence-electron chi connectivity index (χ4n) is 4.03. The first-order chi connectivity index (χ1) is 16.1. The molecule has 6 nitrogen and oxygen atoms in total. The molecule has 4 heterocycles. The fraction of sp³-hybridized carbons (Fsp3) is 0.280. The van der Waals surface area contributed by atoms with E-state index >= 15 is 0 Å². The Bertz CT molecular complexity index is 1270. The Balaban J connectivity index is 1.38. The van der Waals surface area contributed by atoms with E-state index in [1.807, 2.05) is 11.0 Å². The Morgan fingerprint density at radius 2 is 1.73 bits per heavy atom. The van der Waals surface area contributed by atoms with E-state index in [2.05, 4.69) is 48.0 Å². The molecule has 8 heteroatoms. The number of hydrogen-bond acceptors (Lipinski definition) is 7. The Morgan fingerprint density at radius 3 is 2.45 bits per heavy atom. The van der Waals surface area contributed by atoms with E-state index in [4.69, 9.17) is 9.97 Å². The summed E-state index contributed by atoms with van der Waals surface area (Å²) in [5, 5.41) is 1.15. The standard InChI is InChI=1S/C25H25N5OS2/c1-17-18(2)33-24-22(17)23(27-21(28-24)16-32-20-6-4-3-5-7-20)29-12-14-30(15-13-29)25(31)19-8-10-26-11-9-19/h3-11H,12-16H2,1-2H3. The van der Waals surface area contributed by atoms with Gasteiger partial charge >= 0.3 is 0 Å². The van der Waals surface area contributed by atoms with Crippen LogP contribution < -0.4 is 4.90 Å². The van der Waals surface area contributed by atoms with Gasteiger partial charge in [0, 0.05) is 53.9 Å². The summed E-state index contributed by atoms with van der Waals surface area (Å²) in [7, 11) is 0. The first-order valence-electron chi connectivity index (χ1n) is 11.0. The topological polar surface area (TPSA) is 62.2 Å². The number of nitrogens with zero attached hydrogens (tertiary/aromatic N) is 5. The number of piperazine rings is 1. The predicted octanol–water partition coefficient (Wildman–Crippen LogP) is 4.96. The third-order valence-electron chi connectivity index (χ3n) is 5.96. The minimum atomic E-state index is 0.0624. The second-order valence-electron chi connectivity index (χ2n) is 8.04. The zero-order valence-corrected chi connectivity index (χ0v) is 20.3. The van der Waals surface area contributed by atoms with Crippen LogP contribution >= 0.6 is 23.1 Å². The molecule has 0 radical (unpaired) electrons. The van der Waals surface area contributed by atoms with Gasteiger partial charge in [-0.1, -0.05) is 18.2 Å². The number of fused-ring (bicyclic) bond motifs is 1. The number of hydrogen-bond donors (Lipinski definition) is 0. The van der Waals surface area contributed by atoms with Gasteiger partial charge in [0.15, 0.2) is 0 Å². The summed E-state index contributed by atoms with van der Waals surface area (Å²) in [4.78, 5) is 34.6. The number of aromatic nitrogens is 3. The number of anilines is 1. The van der Waals surface area contributed by atoms with Crippen LogP contribution in [0.5, 0.6) is 0 Å². The fourth-order valence-corrected chi connectivity index (χ4v) is 5.84. The Morgan fingerprint density at radius 1 is 1.00 bits per heavy atom. The van der Waals surface area contributed by atoms with E-state index < -0.39 is 0 Å². The number of thiophene rings is 1. The van der Waals surface area contributed by atoms with Crippen LogP contribution in [0.1, 0.15) is 26.6 Å². The first kappa shape index (κ1) is 21.9. The molecule has 1 fully saturated rings. The van der Waals surface area contributed by atoms with Gasteiger partial charge in [-0.3, -0.25) is 9.78 Å². The van der Waals surface area contributed by atoms with Crippen LogP contribution in [-0.4, -0.2) is 51.9 Å². The highest BCUT2D eigenvalue weighted by atomic mass is 32.2. The van der Waals surface area contributed by atoms with Crippen LogP contribution in [0.25, 0.3) is 10.2 Å². The average molecular weight is 476 g/mol. The van der Waals surface area contributed by atoms with E-state index in [0.29, 0.717) is 18.7 Å². The van der Waals surface area contributed by atoms with Crippen molar-refractivity contribution in [3.8, 4) is 0 Å². The lowest BCUT2D eigenvalue weighted by molar-refractivity contribution is 0.0746. The van der Waals surface area contributed by atoms with Crippen LogP contribution in [0.15, 0.2) is 59.8 Å². The lowest BCUT2D eigenvalue weighted by Crippen LogP contribution is -2.49. The summed E-state index contributed by atoms with van der Waals surface area (Å²) >= 11 is 3.49. The molecule has 1 saturated heterocycles. The van der Waals surface area contributed by atoms with Gasteiger partial charge < -0.3 is 9.80 Å². The molecule has 33 heavy (non-hydrogen) atoms. The molecule has 1 aliphatic heterocycles. The molecule has 0 saturated carbocycles. The number of thioether (sulfide) groups is 1. The van der Waals surface area contributed by atoms with E-state index in [1.54, 1.807) is 47.6 Å². The maximum Gasteiger partial charge on any atom is 0.254 e. The lowest BCUT2D eigenvalue weighted by atomic mass is 10.1. The Hall–Kier alpha value is -2.97. The molecule has 1 aromatic carbocycles. The number of aryl methyl sites for hydroxylation is 2. The molecule has 0 N–H and O–H groups in total. The van der Waals surface area contributed by atoms with Crippen molar-refractivity contribution in [1.29, 1.82) is 0 Å². The highest BCUT2D eigenvalue weighted by Crippen LogP contribution is 2.36. The number of amides is 1. The second kappa shape index (κ2) is 9.49. The summed E-state index contributed by atoms with van der Waals surface area (Å²) in [6, 6.07) is 13.9. The van der Waals surface area contributed by atoms with Gasteiger partial charge in [-0.05, 0) is 43.7 Å². The van der Waals surface area contributed by atoms with Gasteiger partial charge in [-0.25, -0.2) is 9.97 Å². The molecule has 0 atom stereocenters. The predicted molar refractivity (Wildman–Crippen MR) is 135 cm³/mol. The van der Waals surface area contributed by atoms with Gasteiger partial charge in [-0.2, -0.15) is 0 Å². The van der Waals surface area contributed by atoms with Gasteiger partial charge in [-0.15, -0.1) is 23.1 Å². The molecule has 0 unspecified atom stereocenters. The molecule has 0 bridgehead atoms. The van der Waals surface area contributed by atoms with Gasteiger partial charge in [0.05, 0.1) is 11.1 Å². The van der Waals surface area contributed by atoms with Crippen molar-refractivity contribution in [3.05, 3.63) is 76.7 Å². The third kappa shape index (κ3) is 4.58. The van der Waals surface area contributed by atoms with Crippen LogP contribution in [-0.2, 0) is 5.75 Å². The number of carbonyl (C=O) groups excluding carboxylic acids is 1. The summed E-state index contributed by atoms with van der Waals surface area (Å²) in [5.74, 6) is 2.64. The van der Waals surface area contributed by atoms with E-state index in [0.717, 1.165) is 40.7 Å². The number of carbonyl (C=O) groups is 1. The van der Waals surface area contributed by atoms with E-state index in [1.165, 1.54) is 15.3 Å². The van der Waals surface area contributed by atoms with Gasteiger partial charge in [0.2, 0.25) is 0 Å². The molecule has 4 aromatic rings. The first-order valence-corrected chi connectivity index (χ1v) is 12.8. The van der Waals surface area contributed by atoms with Gasteiger partial charge in [0.1, 0.15) is 16.5 Å². The lowest BCUT2D eigenvalue weighted by Gasteiger charge is -2.36. The van der Waals surface area contributed by atoms with E-state index in [9.17, 15) is 4.79 Å². The molecule has 0 spiro atoms. The molecule has 1 aliphatic rings. The Kier molecular flexibility index (Phi) is 6.28. The largest absolute Gasteiger partial charge is 0.352 e. The zero-order chi connectivity index (χ0) is 22.8. The number of pyridine rings is 1. The summed E-state index contributed by atoms with van der Waals surface area (Å²) in [6.07, 6.45) is 3.33. The summed E-state index contributed by atoms with van der Waals surface area (Å²) in [5.41, 5.74) is 1.94. The quantitative estimate of drug-likeness (QED) is 0.380. The van der Waals surface area contributed by atoms with Crippen molar-refractivity contribution < 1.29 is 4.79 Å². The second-order valence-corrected chi connectivity index (χ2v) is 10.3. The van der Waals surface area contributed by atoms with Gasteiger partial charge in [0.25, 0.3) is 5.91 Å². The highest BCUT2D eigenvalue weighted by molar-refractivity contribution is 7.98.